The average Bonchev–Trinajstić information content (AvgIpc) is 2.25. The van der Waals surface area contributed by atoms with Gasteiger partial charge >= 0.3 is 5.97 Å². The summed E-state index contributed by atoms with van der Waals surface area (Å²) < 4.78 is 10.1. The molecule has 0 aromatic carbocycles. The van der Waals surface area contributed by atoms with Crippen molar-refractivity contribution in [2.45, 2.75) is 26.9 Å². The monoisotopic (exact) mass is 234 g/mol. The molecule has 0 amide bonds. The lowest BCUT2D eigenvalue weighted by atomic mass is 9.97. The second kappa shape index (κ2) is 7.54. The van der Waals surface area contributed by atoms with Crippen molar-refractivity contribution in [2.75, 3.05) is 13.2 Å². The maximum atomic E-state index is 11.6. The van der Waals surface area contributed by atoms with E-state index in [2.05, 4.69) is 11.8 Å². The Morgan fingerprint density at radius 1 is 1.41 bits per heavy atom. The van der Waals surface area contributed by atoms with Crippen LogP contribution in [0.15, 0.2) is 12.2 Å². The lowest BCUT2D eigenvalue weighted by Crippen LogP contribution is -2.26. The summed E-state index contributed by atoms with van der Waals surface area (Å²) in [6.07, 6.45) is 12.9. The summed E-state index contributed by atoms with van der Waals surface area (Å²) in [5.74, 6) is 4.37. The second-order valence-corrected chi connectivity index (χ2v) is 4.39. The third-order valence-corrected chi connectivity index (χ3v) is 1.72. The Morgan fingerprint density at radius 2 is 2.06 bits per heavy atom. The Labute approximate surface area is 103 Å². The third kappa shape index (κ3) is 7.22. The summed E-state index contributed by atoms with van der Waals surface area (Å²) in [4.78, 5) is 11.6. The Hall–Kier alpha value is -1.71. The number of carbonyl (C=O) groups excluding carboxylic acids is 1. The fraction of sp³-hybridized carbons (Fsp3) is 0.500. The quantitative estimate of drug-likeness (QED) is 0.315. The first-order valence-corrected chi connectivity index (χ1v) is 5.27. The van der Waals surface area contributed by atoms with Crippen molar-refractivity contribution in [1.29, 1.82) is 0 Å². The number of terminal acetylenes is 2. The van der Waals surface area contributed by atoms with E-state index >= 15 is 0 Å². The van der Waals surface area contributed by atoms with Crippen molar-refractivity contribution in [2.24, 2.45) is 5.41 Å². The molecule has 0 spiro atoms. The summed E-state index contributed by atoms with van der Waals surface area (Å²) in [7, 11) is 0. The Morgan fingerprint density at radius 3 is 2.53 bits per heavy atom. The van der Waals surface area contributed by atoms with Crippen LogP contribution in [0.2, 0.25) is 0 Å². The van der Waals surface area contributed by atoms with E-state index in [1.807, 2.05) is 0 Å². The minimum Gasteiger partial charge on any atom is -0.444 e. The van der Waals surface area contributed by atoms with Crippen LogP contribution >= 0.6 is 0 Å². The smallest absolute Gasteiger partial charge is 0.312 e. The van der Waals surface area contributed by atoms with E-state index in [9.17, 15) is 4.79 Å². The van der Waals surface area contributed by atoms with Crippen LogP contribution in [0.3, 0.4) is 0 Å². The molecule has 0 N–H and O–H groups in total. The van der Waals surface area contributed by atoms with Crippen LogP contribution in [-0.2, 0) is 14.3 Å². The molecule has 1 atom stereocenters. The van der Waals surface area contributed by atoms with Crippen molar-refractivity contribution in [3.05, 3.63) is 12.2 Å². The molecule has 0 rings (SSSR count). The zero-order valence-corrected chi connectivity index (χ0v) is 10.5. The highest BCUT2D eigenvalue weighted by Crippen LogP contribution is 2.16. The molecule has 17 heavy (non-hydrogen) atoms. The molecule has 0 saturated carbocycles. The molecular weight excluding hydrogens is 216 g/mol. The van der Waals surface area contributed by atoms with Gasteiger partial charge in [-0.2, -0.15) is 0 Å². The molecule has 0 radical (unpaired) electrons. The maximum Gasteiger partial charge on any atom is 0.312 e. The number of esters is 1. The summed E-state index contributed by atoms with van der Waals surface area (Å²) in [5, 5.41) is 0. The van der Waals surface area contributed by atoms with Gasteiger partial charge in [0.15, 0.2) is 6.10 Å². The first-order chi connectivity index (χ1) is 7.91. The van der Waals surface area contributed by atoms with Crippen molar-refractivity contribution in [3.63, 3.8) is 0 Å². The van der Waals surface area contributed by atoms with Gasteiger partial charge in [0.2, 0.25) is 0 Å². The number of carbonyl (C=O) groups is 1. The predicted molar refractivity (Wildman–Crippen MR) is 67.0 cm³/mol. The molecule has 0 fully saturated rings. The van der Waals surface area contributed by atoms with Crippen LogP contribution in [0.4, 0.5) is 0 Å². The van der Waals surface area contributed by atoms with Gasteiger partial charge in [0.1, 0.15) is 6.61 Å². The lowest BCUT2D eigenvalue weighted by Gasteiger charge is -2.18. The predicted octanol–water partition coefficient (Wildman–Crippen LogP) is 1.78. The minimum atomic E-state index is -0.670. The van der Waals surface area contributed by atoms with Crippen molar-refractivity contribution in [1.82, 2.24) is 0 Å². The molecule has 92 valence electrons. The second-order valence-electron chi connectivity index (χ2n) is 4.39. The summed E-state index contributed by atoms with van der Waals surface area (Å²) in [6, 6.07) is 0. The largest absolute Gasteiger partial charge is 0.444 e. The zero-order valence-electron chi connectivity index (χ0n) is 10.5. The van der Waals surface area contributed by atoms with Crippen LogP contribution < -0.4 is 0 Å². The van der Waals surface area contributed by atoms with Gasteiger partial charge in [-0.1, -0.05) is 17.9 Å². The van der Waals surface area contributed by atoms with Gasteiger partial charge in [-0.15, -0.1) is 12.8 Å². The first-order valence-electron chi connectivity index (χ1n) is 5.27. The molecule has 3 nitrogen and oxygen atoms in total. The topological polar surface area (TPSA) is 35.5 Å². The molecule has 1 unspecified atom stereocenters. The van der Waals surface area contributed by atoms with Crippen molar-refractivity contribution in [3.8, 4) is 24.7 Å². The van der Waals surface area contributed by atoms with Crippen molar-refractivity contribution < 1.29 is 14.3 Å². The van der Waals surface area contributed by atoms with Crippen molar-refractivity contribution >= 4 is 5.97 Å². The van der Waals surface area contributed by atoms with E-state index in [4.69, 9.17) is 22.3 Å². The maximum absolute atomic E-state index is 11.6. The van der Waals surface area contributed by atoms with Crippen LogP contribution in [0.25, 0.3) is 0 Å². The molecule has 0 saturated heterocycles. The van der Waals surface area contributed by atoms with Gasteiger partial charge in [0.25, 0.3) is 0 Å². The first kappa shape index (κ1) is 15.3. The zero-order chi connectivity index (χ0) is 13.3. The van der Waals surface area contributed by atoms with Crippen LogP contribution in [0.5, 0.6) is 0 Å². The number of ether oxygens (including phenoxy) is 2. The Bertz CT molecular complexity index is 347. The van der Waals surface area contributed by atoms with Gasteiger partial charge in [0, 0.05) is 0 Å². The molecule has 0 aromatic rings. The molecular formula is C14H18O3. The minimum absolute atomic E-state index is 0.243. The molecule has 0 aromatic heterocycles. The van der Waals surface area contributed by atoms with E-state index < -0.39 is 11.5 Å². The average molecular weight is 234 g/mol. The van der Waals surface area contributed by atoms with Crippen LogP contribution in [-0.4, -0.2) is 25.3 Å². The van der Waals surface area contributed by atoms with Gasteiger partial charge in [-0.3, -0.25) is 4.79 Å². The summed E-state index contributed by atoms with van der Waals surface area (Å²) >= 11 is 0. The highest BCUT2D eigenvalue weighted by molar-refractivity contribution is 5.75. The van der Waals surface area contributed by atoms with Gasteiger partial charge < -0.3 is 9.47 Å². The third-order valence-electron chi connectivity index (χ3n) is 1.72. The van der Waals surface area contributed by atoms with E-state index in [1.165, 1.54) is 0 Å². The highest BCUT2D eigenvalue weighted by atomic mass is 16.5. The molecule has 0 aliphatic rings. The highest BCUT2D eigenvalue weighted by Gasteiger charge is 2.24. The van der Waals surface area contributed by atoms with Crippen LogP contribution in [0.1, 0.15) is 20.8 Å². The van der Waals surface area contributed by atoms with Crippen LogP contribution in [0, 0.1) is 30.1 Å². The number of hydrogen-bond acceptors (Lipinski definition) is 3. The molecule has 0 aliphatic carbocycles. The normalized spacial score (nSPS) is 12.8. The SMILES string of the molecule is C#CCOC/C=C/C(C#C)OC(=O)C(C)(C)C. The Kier molecular flexibility index (Phi) is 6.79. The van der Waals surface area contributed by atoms with E-state index in [1.54, 1.807) is 32.9 Å². The fourth-order valence-corrected chi connectivity index (χ4v) is 0.786. The molecule has 0 aliphatic heterocycles. The Balaban J connectivity index is 4.15. The van der Waals surface area contributed by atoms with Gasteiger partial charge in [-0.25, -0.2) is 0 Å². The molecule has 3 heteroatoms. The van der Waals surface area contributed by atoms with E-state index in [0.717, 1.165) is 0 Å². The van der Waals surface area contributed by atoms with E-state index in [0.29, 0.717) is 6.61 Å². The van der Waals surface area contributed by atoms with Gasteiger partial charge in [0.05, 0.1) is 12.0 Å². The summed E-state index contributed by atoms with van der Waals surface area (Å²) in [6.45, 7) is 5.89. The number of rotatable bonds is 5. The lowest BCUT2D eigenvalue weighted by molar-refractivity contribution is -0.154. The fourth-order valence-electron chi connectivity index (χ4n) is 0.786. The van der Waals surface area contributed by atoms with E-state index in [-0.39, 0.29) is 12.6 Å². The number of hydrogen-bond donors (Lipinski definition) is 0. The molecule has 0 bridgehead atoms. The molecule has 0 heterocycles. The summed E-state index contributed by atoms with van der Waals surface area (Å²) in [5.41, 5.74) is -0.567. The standard InChI is InChI=1S/C14H18O3/c1-6-10-16-11-8-9-12(7-2)17-13(15)14(3,4)5/h1-2,8-9,12H,10-11H2,3-5H3/b9-8+. The van der Waals surface area contributed by atoms with Gasteiger partial charge in [-0.05, 0) is 26.8 Å².